The number of nitrogens with two attached hydrogens (primary N) is 1. The van der Waals surface area contributed by atoms with Gasteiger partial charge in [-0.15, -0.1) is 11.3 Å². The van der Waals surface area contributed by atoms with Crippen molar-refractivity contribution >= 4 is 59.9 Å². The molecule has 0 spiro atoms. The molecule has 0 atom stereocenters. The first-order chi connectivity index (χ1) is 14.8. The summed E-state index contributed by atoms with van der Waals surface area (Å²) in [6.45, 7) is 0.303. The predicted molar refractivity (Wildman–Crippen MR) is 123 cm³/mol. The van der Waals surface area contributed by atoms with Gasteiger partial charge < -0.3 is 10.5 Å². The summed E-state index contributed by atoms with van der Waals surface area (Å²) >= 11 is 4.38. The number of nitrogens with one attached hydrogen (secondary N) is 1. The summed E-state index contributed by atoms with van der Waals surface area (Å²) in [5.41, 5.74) is 7.23. The average molecular weight is 521 g/mol. The van der Waals surface area contributed by atoms with E-state index in [0.29, 0.717) is 32.5 Å². The third-order valence-electron chi connectivity index (χ3n) is 4.55. The molecule has 160 valence electrons. The van der Waals surface area contributed by atoms with Crippen molar-refractivity contribution in [3.05, 3.63) is 69.5 Å². The van der Waals surface area contributed by atoms with E-state index in [4.69, 9.17) is 10.5 Å². The van der Waals surface area contributed by atoms with Crippen LogP contribution in [0.5, 0.6) is 5.75 Å². The second-order valence-electron chi connectivity index (χ2n) is 6.59. The zero-order chi connectivity index (χ0) is 22.2. The molecule has 31 heavy (non-hydrogen) atoms. The fourth-order valence-corrected chi connectivity index (χ4v) is 6.19. The van der Waals surface area contributed by atoms with Crippen molar-refractivity contribution in [3.63, 3.8) is 0 Å². The van der Waals surface area contributed by atoms with E-state index in [9.17, 15) is 13.2 Å². The monoisotopic (exact) mass is 520 g/mol. The van der Waals surface area contributed by atoms with E-state index in [0.717, 1.165) is 16.9 Å². The molecular weight excluding hydrogens is 504 g/mol. The Morgan fingerprint density at radius 3 is 2.68 bits per heavy atom. The number of methoxy groups -OCH3 is 1. The third kappa shape index (κ3) is 4.29. The highest BCUT2D eigenvalue weighted by molar-refractivity contribution is 9.11. The lowest BCUT2D eigenvalue weighted by Gasteiger charge is -2.06. The van der Waals surface area contributed by atoms with Crippen LogP contribution in [-0.4, -0.2) is 31.2 Å². The Kier molecular flexibility index (Phi) is 5.73. The molecule has 0 bridgehead atoms. The Balaban J connectivity index is 1.80. The largest absolute Gasteiger partial charge is 0.496 e. The molecule has 0 aliphatic rings. The van der Waals surface area contributed by atoms with E-state index < -0.39 is 15.9 Å². The summed E-state index contributed by atoms with van der Waals surface area (Å²) in [7, 11) is -2.33. The Hall–Kier alpha value is -2.89. The van der Waals surface area contributed by atoms with Crippen molar-refractivity contribution in [2.75, 3.05) is 11.8 Å². The second kappa shape index (κ2) is 8.33. The topological polar surface area (TPSA) is 116 Å². The maximum absolute atomic E-state index is 12.9. The third-order valence-corrected chi connectivity index (χ3v) is 8.00. The van der Waals surface area contributed by atoms with Crippen molar-refractivity contribution < 1.29 is 17.9 Å². The molecule has 0 radical (unpaired) electrons. The number of anilines is 1. The molecule has 0 saturated heterocycles. The predicted octanol–water partition coefficient (Wildman–Crippen LogP) is 3.82. The number of halogens is 1. The van der Waals surface area contributed by atoms with E-state index in [2.05, 4.69) is 25.8 Å². The Bertz CT molecular complexity index is 1400. The minimum Gasteiger partial charge on any atom is -0.496 e. The molecule has 0 aliphatic heterocycles. The number of primary amides is 1. The molecule has 4 aromatic rings. The van der Waals surface area contributed by atoms with Crippen LogP contribution < -0.4 is 15.2 Å². The Morgan fingerprint density at radius 1 is 1.23 bits per heavy atom. The number of nitrogens with zero attached hydrogens (tertiary/aromatic N) is 2. The fourth-order valence-electron chi connectivity index (χ4n) is 3.17. The van der Waals surface area contributed by atoms with Crippen molar-refractivity contribution in [2.45, 2.75) is 10.8 Å². The lowest BCUT2D eigenvalue weighted by Crippen LogP contribution is -2.13. The van der Waals surface area contributed by atoms with Crippen LogP contribution in [0.4, 0.5) is 5.82 Å². The minimum atomic E-state index is -3.84. The molecule has 0 aliphatic carbocycles. The Morgan fingerprint density at radius 2 is 2.00 bits per heavy atom. The number of carbonyl (C=O) groups excluding carboxylic acids is 1. The highest BCUT2D eigenvalue weighted by Crippen LogP contribution is 2.35. The molecule has 2 aromatic carbocycles. The summed E-state index contributed by atoms with van der Waals surface area (Å²) in [4.78, 5) is 11.5. The molecule has 0 saturated carbocycles. The van der Waals surface area contributed by atoms with Gasteiger partial charge in [-0.25, -0.2) is 8.42 Å². The highest BCUT2D eigenvalue weighted by atomic mass is 79.9. The van der Waals surface area contributed by atoms with Gasteiger partial charge in [0.25, 0.3) is 10.0 Å². The van der Waals surface area contributed by atoms with Gasteiger partial charge in [0.05, 0.1) is 28.3 Å². The molecular formula is C20H17BrN4O4S2. The second-order valence-corrected chi connectivity index (χ2v) is 11.0. The number of hydrogen-bond donors (Lipinski definition) is 2. The summed E-state index contributed by atoms with van der Waals surface area (Å²) in [5, 5.41) is 5.05. The van der Waals surface area contributed by atoms with E-state index >= 15 is 0 Å². The number of benzene rings is 2. The maximum atomic E-state index is 12.9. The number of carbonyl (C=O) groups is 1. The van der Waals surface area contributed by atoms with E-state index in [1.54, 1.807) is 41.1 Å². The van der Waals surface area contributed by atoms with Crippen LogP contribution in [0, 0.1) is 0 Å². The number of ether oxygens (including phenoxy) is 1. The molecule has 1 amide bonds. The van der Waals surface area contributed by atoms with Gasteiger partial charge in [0.2, 0.25) is 5.91 Å². The van der Waals surface area contributed by atoms with Gasteiger partial charge in [-0.3, -0.25) is 14.2 Å². The van der Waals surface area contributed by atoms with Crippen LogP contribution in [0.2, 0.25) is 0 Å². The van der Waals surface area contributed by atoms with E-state index in [1.807, 2.05) is 12.1 Å². The van der Waals surface area contributed by atoms with Gasteiger partial charge in [-0.1, -0.05) is 18.2 Å². The van der Waals surface area contributed by atoms with E-state index in [1.165, 1.54) is 13.2 Å². The van der Waals surface area contributed by atoms with Crippen LogP contribution in [0.15, 0.2) is 62.6 Å². The van der Waals surface area contributed by atoms with Crippen molar-refractivity contribution in [2.24, 2.45) is 5.73 Å². The number of sulfonamides is 1. The number of rotatable bonds is 7. The van der Waals surface area contributed by atoms with Crippen molar-refractivity contribution in [1.82, 2.24) is 9.78 Å². The molecule has 4 rings (SSSR count). The molecule has 2 heterocycles. The standard InChI is InChI=1S/C20H17BrN4O4S2/c1-29-15-7-3-6-14-18(15)20(24-31(27,28)17-9-8-16(21)30-17)23-25(14)11-12-4-2-5-13(10-12)19(22)26/h2-10H,11H2,1H3,(H2,22,26)(H,23,24). The quantitative estimate of drug-likeness (QED) is 0.384. The highest BCUT2D eigenvalue weighted by Gasteiger charge is 2.23. The summed E-state index contributed by atoms with van der Waals surface area (Å²) in [6.07, 6.45) is 0. The summed E-state index contributed by atoms with van der Waals surface area (Å²) in [6, 6.07) is 15.4. The lowest BCUT2D eigenvalue weighted by molar-refractivity contribution is 0.1000. The van der Waals surface area contributed by atoms with Crippen LogP contribution in [0.1, 0.15) is 15.9 Å². The zero-order valence-corrected chi connectivity index (χ0v) is 19.4. The molecule has 8 nitrogen and oxygen atoms in total. The van der Waals surface area contributed by atoms with Gasteiger partial charge >= 0.3 is 0 Å². The van der Waals surface area contributed by atoms with Crippen LogP contribution in [-0.2, 0) is 16.6 Å². The number of aromatic nitrogens is 2. The minimum absolute atomic E-state index is 0.156. The first-order valence-corrected chi connectivity index (χ1v) is 12.1. The molecule has 0 unspecified atom stereocenters. The summed E-state index contributed by atoms with van der Waals surface area (Å²) in [5.74, 6) is 0.118. The van der Waals surface area contributed by atoms with Crippen LogP contribution in [0.3, 0.4) is 0 Å². The fraction of sp³-hybridized carbons (Fsp3) is 0.100. The van der Waals surface area contributed by atoms with Gasteiger partial charge in [0, 0.05) is 5.56 Å². The lowest BCUT2D eigenvalue weighted by atomic mass is 10.1. The normalized spacial score (nSPS) is 11.5. The number of hydrogen-bond acceptors (Lipinski definition) is 6. The van der Waals surface area contributed by atoms with Gasteiger partial charge in [-0.05, 0) is 57.9 Å². The Labute approximate surface area is 190 Å². The van der Waals surface area contributed by atoms with Gasteiger partial charge in [0.1, 0.15) is 9.96 Å². The first kappa shape index (κ1) is 21.3. The number of thiophene rings is 1. The number of amides is 1. The van der Waals surface area contributed by atoms with Gasteiger partial charge in [-0.2, -0.15) is 5.10 Å². The smallest absolute Gasteiger partial charge is 0.272 e. The molecule has 3 N–H and O–H groups in total. The molecule has 0 fully saturated rings. The van der Waals surface area contributed by atoms with E-state index in [-0.39, 0.29) is 10.0 Å². The first-order valence-electron chi connectivity index (χ1n) is 8.99. The van der Waals surface area contributed by atoms with Gasteiger partial charge in [0.15, 0.2) is 5.82 Å². The van der Waals surface area contributed by atoms with Crippen molar-refractivity contribution in [1.29, 1.82) is 0 Å². The zero-order valence-electron chi connectivity index (χ0n) is 16.2. The molecule has 11 heteroatoms. The molecule has 2 aromatic heterocycles. The van der Waals surface area contributed by atoms with Crippen molar-refractivity contribution in [3.8, 4) is 5.75 Å². The average Bonchev–Trinajstić information content (AvgIpc) is 3.32. The van der Waals surface area contributed by atoms with Crippen LogP contribution >= 0.6 is 27.3 Å². The van der Waals surface area contributed by atoms with Crippen LogP contribution in [0.25, 0.3) is 10.9 Å². The maximum Gasteiger partial charge on any atom is 0.272 e. The SMILES string of the molecule is COc1cccc2c1c(NS(=O)(=O)c1ccc(Br)s1)nn2Cc1cccc(C(N)=O)c1. The summed E-state index contributed by atoms with van der Waals surface area (Å²) < 4.78 is 36.3. The number of fused-ring (bicyclic) bond motifs is 1.